The minimum atomic E-state index is -0.826. The Bertz CT molecular complexity index is 2390. The number of rotatable bonds is 6. The van der Waals surface area contributed by atoms with Crippen molar-refractivity contribution < 1.29 is 20.8 Å². The number of halogens is 2. The van der Waals surface area contributed by atoms with Gasteiger partial charge in [0.1, 0.15) is 0 Å². The second-order valence-corrected chi connectivity index (χ2v) is 22.2. The maximum atomic E-state index is 4.93. The summed E-state index contributed by atoms with van der Waals surface area (Å²) in [6, 6.07) is 54.1. The third kappa shape index (κ3) is 10.4. The van der Waals surface area contributed by atoms with Gasteiger partial charge in [-0.2, -0.15) is 12.1 Å². The van der Waals surface area contributed by atoms with Crippen molar-refractivity contribution in [2.45, 2.75) is 91.1 Å². The Balaban J connectivity index is 0.000000156. The Morgan fingerprint density at radius 2 is 0.862 bits per heavy atom. The Hall–Kier alpha value is -3.26. The second kappa shape index (κ2) is 19.9. The summed E-state index contributed by atoms with van der Waals surface area (Å²) in [4.78, 5) is 0. The molecule has 2 radical (unpaired) electrons. The van der Waals surface area contributed by atoms with Gasteiger partial charge in [-0.05, 0) is 94.2 Å². The third-order valence-corrected chi connectivity index (χ3v) is 12.6. The summed E-state index contributed by atoms with van der Waals surface area (Å²) in [6.45, 7) is 9.25. The van der Waals surface area contributed by atoms with Gasteiger partial charge in [0.05, 0.1) is 0 Å². The van der Waals surface area contributed by atoms with Gasteiger partial charge >= 0.3 is 37.9 Å². The van der Waals surface area contributed by atoms with E-state index in [-0.39, 0.29) is 0 Å². The zero-order chi connectivity index (χ0) is 40.5. The number of benzene rings is 6. The fourth-order valence-electron chi connectivity index (χ4n) is 9.81. The van der Waals surface area contributed by atoms with Crippen LogP contribution < -0.4 is 0 Å². The predicted molar refractivity (Wildman–Crippen MR) is 255 cm³/mol. The maximum absolute atomic E-state index is 4.93. The van der Waals surface area contributed by atoms with Crippen LogP contribution in [0.4, 0.5) is 0 Å². The minimum absolute atomic E-state index is 0.507. The Kier molecular flexibility index (Phi) is 14.7. The second-order valence-electron chi connectivity index (χ2n) is 17.4. The first-order chi connectivity index (χ1) is 28.2. The molecule has 2 aliphatic carbocycles. The summed E-state index contributed by atoms with van der Waals surface area (Å²) in [5.41, 5.74) is 9.39. The molecule has 0 spiro atoms. The van der Waals surface area contributed by atoms with Gasteiger partial charge in [-0.15, -0.1) is 69.1 Å². The van der Waals surface area contributed by atoms with Crippen molar-refractivity contribution in [3.05, 3.63) is 157 Å². The van der Waals surface area contributed by atoms with Crippen molar-refractivity contribution >= 4 is 69.6 Å². The van der Waals surface area contributed by atoms with Gasteiger partial charge < -0.3 is 0 Å². The number of hydrogen-bond donors (Lipinski definition) is 0. The predicted octanol–water partition coefficient (Wildman–Crippen LogP) is 17.2. The summed E-state index contributed by atoms with van der Waals surface area (Å²) in [5, 5.41) is 10.8. The van der Waals surface area contributed by atoms with E-state index >= 15 is 0 Å². The monoisotopic (exact) mass is 892 g/mol. The van der Waals surface area contributed by atoms with Crippen LogP contribution in [0.1, 0.15) is 76.3 Å². The van der Waals surface area contributed by atoms with Crippen LogP contribution in [0.3, 0.4) is 0 Å². The molecule has 0 unspecified atom stereocenters. The van der Waals surface area contributed by atoms with E-state index in [2.05, 4.69) is 173 Å². The van der Waals surface area contributed by atoms with Crippen molar-refractivity contribution in [3.8, 4) is 22.3 Å². The average Bonchev–Trinajstić information content (AvgIpc) is 4.05. The molecule has 0 N–H and O–H groups in total. The van der Waals surface area contributed by atoms with Gasteiger partial charge in [0.15, 0.2) is 0 Å². The summed E-state index contributed by atoms with van der Waals surface area (Å²) in [7, 11) is 11.0. The molecule has 2 aliphatic rings. The Morgan fingerprint density at radius 1 is 0.500 bits per heavy atom. The van der Waals surface area contributed by atoms with Crippen LogP contribution in [0.15, 0.2) is 146 Å². The molecular weight excluding hydrogens is 839 g/mol. The van der Waals surface area contributed by atoms with E-state index in [4.69, 9.17) is 17.0 Å². The van der Waals surface area contributed by atoms with Crippen molar-refractivity contribution in [1.82, 2.24) is 0 Å². The molecule has 8 aromatic carbocycles. The molecule has 2 fully saturated rings. The van der Waals surface area contributed by atoms with Gasteiger partial charge in [-0.25, -0.2) is 0 Å². The van der Waals surface area contributed by atoms with Crippen molar-refractivity contribution in [3.63, 3.8) is 0 Å². The zero-order valence-corrected chi connectivity index (χ0v) is 39.7. The quantitative estimate of drug-likeness (QED) is 0.115. The Labute approximate surface area is 368 Å². The topological polar surface area (TPSA) is 0 Å². The molecule has 0 heterocycles. The summed E-state index contributed by atoms with van der Waals surface area (Å²) in [6.07, 6.45) is 13.6. The molecule has 4 heteroatoms. The van der Waals surface area contributed by atoms with E-state index in [0.29, 0.717) is 10.8 Å². The van der Waals surface area contributed by atoms with Crippen molar-refractivity contribution in [2.75, 3.05) is 0 Å². The zero-order valence-electron chi connectivity index (χ0n) is 34.7. The van der Waals surface area contributed by atoms with Crippen LogP contribution in [0.5, 0.6) is 0 Å². The van der Waals surface area contributed by atoms with Gasteiger partial charge in [-0.1, -0.05) is 149 Å². The molecule has 0 atom stereocenters. The summed E-state index contributed by atoms with van der Waals surface area (Å²) >= 11 is -0.826. The third-order valence-electron chi connectivity index (χ3n) is 12.6. The van der Waals surface area contributed by atoms with Gasteiger partial charge in [0, 0.05) is 9.52 Å². The molecule has 58 heavy (non-hydrogen) atoms. The molecule has 8 aromatic rings. The van der Waals surface area contributed by atoms with Crippen LogP contribution >= 0.6 is 17.0 Å². The van der Waals surface area contributed by atoms with E-state index in [9.17, 15) is 0 Å². The molecule has 294 valence electrons. The van der Waals surface area contributed by atoms with Crippen LogP contribution in [0, 0.1) is 10.8 Å². The van der Waals surface area contributed by atoms with E-state index in [0.717, 1.165) is 9.52 Å². The summed E-state index contributed by atoms with van der Waals surface area (Å²) in [5.74, 6) is 0. The first kappa shape index (κ1) is 42.8. The molecule has 2 saturated carbocycles. The number of fused-ring (bicyclic) bond motifs is 4. The van der Waals surface area contributed by atoms with Crippen LogP contribution in [0.2, 0.25) is 13.1 Å². The van der Waals surface area contributed by atoms with Crippen LogP contribution in [-0.2, 0) is 33.7 Å². The van der Waals surface area contributed by atoms with Crippen LogP contribution in [0.25, 0.3) is 65.3 Å². The van der Waals surface area contributed by atoms with Gasteiger partial charge in [0.2, 0.25) is 0 Å². The molecule has 0 bridgehead atoms. The van der Waals surface area contributed by atoms with Crippen LogP contribution in [-0.4, -0.2) is 9.52 Å². The van der Waals surface area contributed by atoms with Gasteiger partial charge in [0.25, 0.3) is 0 Å². The molecule has 0 saturated heterocycles. The molecule has 10 rings (SSSR count). The fourth-order valence-corrected chi connectivity index (χ4v) is 9.81. The number of hydrogen-bond acceptors (Lipinski definition) is 0. The van der Waals surface area contributed by atoms with E-state index in [1.165, 1.54) is 141 Å². The SMILES string of the molecule is CC1(Cc2cc3c(-c4ccc5ccccc5c4)cccc3[cH-]2)CCCC1.CC1(Cc2cc3c(-c4ccc5ccccc5c4)cccc3[cH-]2)CCCC1.C[Si]C.[Cl][Zr+2][Cl]. The molecular formula is C54H56Cl2SiZr. The molecule has 0 amide bonds. The van der Waals surface area contributed by atoms with E-state index in [1.807, 2.05) is 0 Å². The Morgan fingerprint density at radius 3 is 1.24 bits per heavy atom. The molecule has 0 aromatic heterocycles. The first-order valence-corrected chi connectivity index (χ1v) is 29.5. The first-order valence-electron chi connectivity index (χ1n) is 21.1. The van der Waals surface area contributed by atoms with Crippen molar-refractivity contribution in [2.24, 2.45) is 10.8 Å². The van der Waals surface area contributed by atoms with Gasteiger partial charge in [-0.3, -0.25) is 0 Å². The van der Waals surface area contributed by atoms with E-state index in [1.54, 1.807) is 0 Å². The average molecular weight is 895 g/mol. The standard InChI is InChI=1S/2C26H25.C2H6Si.2ClH.Zr/c2*1-26(13-4-5-14-26)18-19-15-22-9-6-10-24(25(22)16-19)23-12-11-20-7-2-3-8-21(20)17-23;1-3-2;;;/h2*2-3,6-12,15-17H,4-5,13-14,18H2,1H3;1-2H3;2*1H;/q2*-1;;;;+4/p-2. The normalized spacial score (nSPS) is 15.3. The van der Waals surface area contributed by atoms with Crippen molar-refractivity contribution in [1.29, 1.82) is 0 Å². The molecule has 0 nitrogen and oxygen atoms in total. The van der Waals surface area contributed by atoms with E-state index < -0.39 is 20.8 Å². The molecule has 0 aliphatic heterocycles. The fraction of sp³-hybridized carbons (Fsp3) is 0.296. The summed E-state index contributed by atoms with van der Waals surface area (Å²) < 4.78 is 0.